The monoisotopic (exact) mass is 288 g/mol. The minimum Gasteiger partial charge on any atom is -0.480 e. The number of hydrogen-bond acceptors (Lipinski definition) is 4. The van der Waals surface area contributed by atoms with Gasteiger partial charge in [-0.15, -0.1) is 11.3 Å². The van der Waals surface area contributed by atoms with Crippen LogP contribution < -0.4 is 0 Å². The standard InChI is InChI=1S/C12H17ClN2O2S/c1-9(12(16)17)15-4-2-14(3-5-15)7-11-6-10(13)8-18-11/h6,8-9H,2-5,7H2,1H3,(H,16,17). The molecule has 4 nitrogen and oxygen atoms in total. The quantitative estimate of drug-likeness (QED) is 0.920. The Balaban J connectivity index is 1.81. The maximum absolute atomic E-state index is 10.9. The van der Waals surface area contributed by atoms with Crippen molar-refractivity contribution in [1.82, 2.24) is 9.80 Å². The molecule has 0 bridgehead atoms. The second-order valence-corrected chi connectivity index (χ2v) is 5.99. The van der Waals surface area contributed by atoms with Crippen LogP contribution in [0.15, 0.2) is 11.4 Å². The topological polar surface area (TPSA) is 43.8 Å². The van der Waals surface area contributed by atoms with E-state index < -0.39 is 5.97 Å². The molecule has 6 heteroatoms. The van der Waals surface area contributed by atoms with Gasteiger partial charge in [0.05, 0.1) is 5.02 Å². The summed E-state index contributed by atoms with van der Waals surface area (Å²) in [5, 5.41) is 11.7. The fraction of sp³-hybridized carbons (Fsp3) is 0.583. The van der Waals surface area contributed by atoms with Gasteiger partial charge >= 0.3 is 5.97 Å². The van der Waals surface area contributed by atoms with Gasteiger partial charge in [-0.2, -0.15) is 0 Å². The number of nitrogens with zero attached hydrogens (tertiary/aromatic N) is 2. The van der Waals surface area contributed by atoms with Crippen LogP contribution in [0.1, 0.15) is 11.8 Å². The number of carbonyl (C=O) groups is 1. The molecule has 1 fully saturated rings. The molecule has 1 atom stereocenters. The third-order valence-electron chi connectivity index (χ3n) is 3.31. The molecule has 1 aromatic rings. The summed E-state index contributed by atoms with van der Waals surface area (Å²) in [6.07, 6.45) is 0. The van der Waals surface area contributed by atoms with Crippen LogP contribution in [0.25, 0.3) is 0 Å². The molecule has 1 N–H and O–H groups in total. The molecule has 1 saturated heterocycles. The number of rotatable bonds is 4. The second-order valence-electron chi connectivity index (χ2n) is 4.56. The number of aliphatic carboxylic acids is 1. The summed E-state index contributed by atoms with van der Waals surface area (Å²) in [6.45, 7) is 6.10. The largest absolute Gasteiger partial charge is 0.480 e. The molecule has 1 aliphatic rings. The van der Waals surface area contributed by atoms with Crippen molar-refractivity contribution in [1.29, 1.82) is 0 Å². The van der Waals surface area contributed by atoms with Crippen LogP contribution in [-0.4, -0.2) is 53.1 Å². The fourth-order valence-corrected chi connectivity index (χ4v) is 3.24. The lowest BCUT2D eigenvalue weighted by atomic mass is 10.2. The highest BCUT2D eigenvalue weighted by Crippen LogP contribution is 2.21. The number of carboxylic acid groups (broad SMARTS) is 1. The first-order valence-corrected chi connectivity index (χ1v) is 7.24. The van der Waals surface area contributed by atoms with Crippen LogP contribution in [-0.2, 0) is 11.3 Å². The van der Waals surface area contributed by atoms with Gasteiger partial charge in [0.1, 0.15) is 6.04 Å². The van der Waals surface area contributed by atoms with Crippen LogP contribution in [0.4, 0.5) is 0 Å². The van der Waals surface area contributed by atoms with Gasteiger partial charge in [-0.25, -0.2) is 0 Å². The van der Waals surface area contributed by atoms with Crippen LogP contribution in [0.5, 0.6) is 0 Å². The van der Waals surface area contributed by atoms with Gasteiger partial charge in [0.15, 0.2) is 0 Å². The van der Waals surface area contributed by atoms with Gasteiger partial charge in [-0.3, -0.25) is 14.6 Å². The minimum atomic E-state index is -0.742. The molecule has 0 spiro atoms. The molecular weight excluding hydrogens is 272 g/mol. The van der Waals surface area contributed by atoms with Gasteiger partial charge in [0.2, 0.25) is 0 Å². The van der Waals surface area contributed by atoms with Crippen molar-refractivity contribution >= 4 is 28.9 Å². The normalized spacial score (nSPS) is 19.9. The lowest BCUT2D eigenvalue weighted by Crippen LogP contribution is -2.51. The first-order chi connectivity index (χ1) is 8.56. The number of halogens is 1. The molecular formula is C12H17ClN2O2S. The molecule has 100 valence electrons. The molecule has 0 amide bonds. The molecule has 0 aromatic carbocycles. The van der Waals surface area contributed by atoms with Gasteiger partial charge in [0, 0.05) is 43.0 Å². The Bertz CT molecular complexity index is 416. The highest BCUT2D eigenvalue weighted by molar-refractivity contribution is 7.10. The summed E-state index contributed by atoms with van der Waals surface area (Å²) in [6, 6.07) is 1.61. The zero-order valence-corrected chi connectivity index (χ0v) is 11.9. The summed E-state index contributed by atoms with van der Waals surface area (Å²) in [7, 11) is 0. The van der Waals surface area contributed by atoms with Crippen LogP contribution in [0.3, 0.4) is 0 Å². The summed E-state index contributed by atoms with van der Waals surface area (Å²) in [4.78, 5) is 16.5. The fourth-order valence-electron chi connectivity index (χ4n) is 2.12. The number of piperazine rings is 1. The van der Waals surface area contributed by atoms with E-state index in [0.29, 0.717) is 0 Å². The predicted octanol–water partition coefficient (Wildman–Crippen LogP) is 1.99. The third kappa shape index (κ3) is 3.45. The van der Waals surface area contributed by atoms with E-state index in [2.05, 4.69) is 4.90 Å². The summed E-state index contributed by atoms with van der Waals surface area (Å²) >= 11 is 7.57. The zero-order chi connectivity index (χ0) is 13.1. The van der Waals surface area contributed by atoms with E-state index in [4.69, 9.17) is 16.7 Å². The summed E-state index contributed by atoms with van der Waals surface area (Å²) < 4.78 is 0. The lowest BCUT2D eigenvalue weighted by Gasteiger charge is -2.36. The van der Waals surface area contributed by atoms with E-state index in [1.165, 1.54) is 4.88 Å². The lowest BCUT2D eigenvalue weighted by molar-refractivity contribution is -0.143. The third-order valence-corrected chi connectivity index (χ3v) is 4.58. The second kappa shape index (κ2) is 6.02. The Morgan fingerprint density at radius 3 is 2.67 bits per heavy atom. The number of hydrogen-bond donors (Lipinski definition) is 1. The molecule has 1 aromatic heterocycles. The summed E-state index contributed by atoms with van der Waals surface area (Å²) in [5.41, 5.74) is 0. The van der Waals surface area contributed by atoms with Crippen molar-refractivity contribution in [2.45, 2.75) is 19.5 Å². The van der Waals surface area contributed by atoms with Gasteiger partial charge < -0.3 is 5.11 Å². The maximum atomic E-state index is 10.9. The van der Waals surface area contributed by atoms with E-state index in [0.717, 1.165) is 37.7 Å². The molecule has 0 aliphatic carbocycles. The Morgan fingerprint density at radius 2 is 2.17 bits per heavy atom. The average Bonchev–Trinajstić information content (AvgIpc) is 2.75. The summed E-state index contributed by atoms with van der Waals surface area (Å²) in [5.74, 6) is -0.742. The van der Waals surface area contributed by atoms with Crippen LogP contribution >= 0.6 is 22.9 Å². The van der Waals surface area contributed by atoms with Crippen molar-refractivity contribution in [3.63, 3.8) is 0 Å². The molecule has 2 rings (SSSR count). The number of thiophene rings is 1. The molecule has 1 unspecified atom stereocenters. The maximum Gasteiger partial charge on any atom is 0.320 e. The van der Waals surface area contributed by atoms with E-state index in [1.54, 1.807) is 18.3 Å². The molecule has 1 aliphatic heterocycles. The van der Waals surface area contributed by atoms with Crippen molar-refractivity contribution < 1.29 is 9.90 Å². The Morgan fingerprint density at radius 1 is 1.50 bits per heavy atom. The van der Waals surface area contributed by atoms with Crippen molar-refractivity contribution in [2.75, 3.05) is 26.2 Å². The van der Waals surface area contributed by atoms with Crippen molar-refractivity contribution in [2.24, 2.45) is 0 Å². The molecule has 0 saturated carbocycles. The van der Waals surface area contributed by atoms with E-state index in [9.17, 15) is 4.79 Å². The zero-order valence-electron chi connectivity index (χ0n) is 10.3. The first-order valence-electron chi connectivity index (χ1n) is 5.98. The Hall–Kier alpha value is -0.620. The van der Waals surface area contributed by atoms with E-state index in [-0.39, 0.29) is 6.04 Å². The van der Waals surface area contributed by atoms with Gasteiger partial charge in [-0.05, 0) is 13.0 Å². The minimum absolute atomic E-state index is 0.386. The number of carboxylic acids is 1. The average molecular weight is 289 g/mol. The Kier molecular flexibility index (Phi) is 4.61. The van der Waals surface area contributed by atoms with Crippen molar-refractivity contribution in [3.05, 3.63) is 21.3 Å². The smallest absolute Gasteiger partial charge is 0.320 e. The first kappa shape index (κ1) is 13.8. The molecule has 2 heterocycles. The predicted molar refractivity (Wildman–Crippen MR) is 73.3 cm³/mol. The van der Waals surface area contributed by atoms with Gasteiger partial charge in [0.25, 0.3) is 0 Å². The van der Waals surface area contributed by atoms with E-state index >= 15 is 0 Å². The van der Waals surface area contributed by atoms with Crippen molar-refractivity contribution in [3.8, 4) is 0 Å². The van der Waals surface area contributed by atoms with Crippen LogP contribution in [0.2, 0.25) is 5.02 Å². The highest BCUT2D eigenvalue weighted by atomic mass is 35.5. The molecule has 0 radical (unpaired) electrons. The SMILES string of the molecule is CC(C(=O)O)N1CCN(Cc2cc(Cl)cs2)CC1. The van der Waals surface area contributed by atoms with E-state index in [1.807, 2.05) is 16.3 Å². The Labute approximate surface area is 116 Å². The molecule has 18 heavy (non-hydrogen) atoms. The van der Waals surface area contributed by atoms with Gasteiger partial charge in [-0.1, -0.05) is 11.6 Å². The van der Waals surface area contributed by atoms with Crippen LogP contribution in [0, 0.1) is 0 Å². The highest BCUT2D eigenvalue weighted by Gasteiger charge is 2.25.